The Hall–Kier alpha value is -3.49. The SMILES string of the molecule is CCCn1nc(C(=O)NNC(=O)c2cnn(C)c2)c2ccccc2c1=O. The van der Waals surface area contributed by atoms with Crippen LogP contribution in [0.5, 0.6) is 0 Å². The van der Waals surface area contributed by atoms with Gasteiger partial charge in [-0.25, -0.2) is 4.68 Å². The molecular formula is C17H18N6O3. The number of carbonyl (C=O) groups is 2. The number of nitrogens with one attached hydrogen (secondary N) is 2. The third-order valence-corrected chi connectivity index (χ3v) is 3.77. The zero-order valence-electron chi connectivity index (χ0n) is 14.4. The largest absolute Gasteiger partial charge is 0.290 e. The van der Waals surface area contributed by atoms with Crippen molar-refractivity contribution in [3.63, 3.8) is 0 Å². The number of hydrogen-bond donors (Lipinski definition) is 2. The molecule has 0 aliphatic carbocycles. The summed E-state index contributed by atoms with van der Waals surface area (Å²) in [6, 6.07) is 6.75. The lowest BCUT2D eigenvalue weighted by molar-refractivity contribution is 0.0843. The maximum absolute atomic E-state index is 12.5. The van der Waals surface area contributed by atoms with E-state index in [1.54, 1.807) is 31.3 Å². The van der Waals surface area contributed by atoms with E-state index in [2.05, 4.69) is 21.0 Å². The van der Waals surface area contributed by atoms with Crippen LogP contribution in [-0.2, 0) is 13.6 Å². The van der Waals surface area contributed by atoms with Crippen molar-refractivity contribution in [2.75, 3.05) is 0 Å². The number of aryl methyl sites for hydroxylation is 2. The van der Waals surface area contributed by atoms with E-state index in [9.17, 15) is 14.4 Å². The first-order valence-electron chi connectivity index (χ1n) is 8.10. The van der Waals surface area contributed by atoms with Crippen LogP contribution in [0.25, 0.3) is 10.8 Å². The van der Waals surface area contributed by atoms with Crippen LogP contribution in [0, 0.1) is 0 Å². The Balaban J connectivity index is 1.89. The highest BCUT2D eigenvalue weighted by atomic mass is 16.2. The fourth-order valence-electron chi connectivity index (χ4n) is 2.55. The normalized spacial score (nSPS) is 10.7. The molecule has 2 amide bonds. The summed E-state index contributed by atoms with van der Waals surface area (Å²) >= 11 is 0. The monoisotopic (exact) mass is 354 g/mol. The number of fused-ring (bicyclic) bond motifs is 1. The topological polar surface area (TPSA) is 111 Å². The van der Waals surface area contributed by atoms with Crippen LogP contribution in [-0.4, -0.2) is 31.4 Å². The van der Waals surface area contributed by atoms with Crippen LogP contribution in [0.15, 0.2) is 41.5 Å². The molecular weight excluding hydrogens is 336 g/mol. The molecule has 0 radical (unpaired) electrons. The highest BCUT2D eigenvalue weighted by Crippen LogP contribution is 2.13. The average molecular weight is 354 g/mol. The second-order valence-electron chi connectivity index (χ2n) is 5.73. The van der Waals surface area contributed by atoms with Crippen LogP contribution in [0.4, 0.5) is 0 Å². The zero-order valence-corrected chi connectivity index (χ0v) is 14.4. The fourth-order valence-corrected chi connectivity index (χ4v) is 2.55. The molecule has 0 aliphatic heterocycles. The van der Waals surface area contributed by atoms with Gasteiger partial charge in [0, 0.05) is 25.2 Å². The van der Waals surface area contributed by atoms with E-state index < -0.39 is 11.8 Å². The van der Waals surface area contributed by atoms with Gasteiger partial charge < -0.3 is 0 Å². The van der Waals surface area contributed by atoms with E-state index in [0.29, 0.717) is 29.3 Å². The van der Waals surface area contributed by atoms with Crippen LogP contribution in [0.1, 0.15) is 34.2 Å². The summed E-state index contributed by atoms with van der Waals surface area (Å²) in [5.41, 5.74) is 4.78. The van der Waals surface area contributed by atoms with Crippen LogP contribution >= 0.6 is 0 Å². The number of hydrazine groups is 1. The maximum atomic E-state index is 12.5. The quantitative estimate of drug-likeness (QED) is 0.667. The highest BCUT2D eigenvalue weighted by molar-refractivity contribution is 6.05. The van der Waals surface area contributed by atoms with Crippen LogP contribution in [0.2, 0.25) is 0 Å². The molecule has 134 valence electrons. The summed E-state index contributed by atoms with van der Waals surface area (Å²) in [7, 11) is 1.68. The van der Waals surface area contributed by atoms with Gasteiger partial charge >= 0.3 is 0 Å². The lowest BCUT2D eigenvalue weighted by atomic mass is 10.1. The van der Waals surface area contributed by atoms with E-state index in [4.69, 9.17) is 0 Å². The van der Waals surface area contributed by atoms with Crippen molar-refractivity contribution in [1.29, 1.82) is 0 Å². The minimum Gasteiger partial charge on any atom is -0.275 e. The van der Waals surface area contributed by atoms with Gasteiger partial charge in [0.1, 0.15) is 0 Å². The Kier molecular flexibility index (Phi) is 4.78. The van der Waals surface area contributed by atoms with E-state index >= 15 is 0 Å². The van der Waals surface area contributed by atoms with Crippen LogP contribution in [0.3, 0.4) is 0 Å². The molecule has 9 heteroatoms. The van der Waals surface area contributed by atoms with Crippen molar-refractivity contribution in [2.24, 2.45) is 7.05 Å². The first-order valence-corrected chi connectivity index (χ1v) is 8.10. The molecule has 0 fully saturated rings. The zero-order chi connectivity index (χ0) is 18.7. The average Bonchev–Trinajstić information content (AvgIpc) is 3.08. The lowest BCUT2D eigenvalue weighted by Crippen LogP contribution is -2.42. The number of aromatic nitrogens is 4. The molecule has 0 bridgehead atoms. The summed E-state index contributed by atoms with van der Waals surface area (Å²) < 4.78 is 2.74. The molecule has 0 saturated heterocycles. The first-order chi connectivity index (χ1) is 12.5. The minimum atomic E-state index is -0.608. The number of nitrogens with zero attached hydrogens (tertiary/aromatic N) is 4. The summed E-state index contributed by atoms with van der Waals surface area (Å²) in [6.07, 6.45) is 3.61. The molecule has 2 heterocycles. The van der Waals surface area contributed by atoms with Gasteiger partial charge in [-0.3, -0.25) is 29.9 Å². The van der Waals surface area contributed by atoms with Gasteiger partial charge in [0.15, 0.2) is 5.69 Å². The van der Waals surface area contributed by atoms with Gasteiger partial charge in [0.05, 0.1) is 17.1 Å². The summed E-state index contributed by atoms with van der Waals surface area (Å²) in [5.74, 6) is -1.11. The number of benzene rings is 1. The van der Waals surface area contributed by atoms with Gasteiger partial charge in [-0.2, -0.15) is 10.2 Å². The van der Waals surface area contributed by atoms with Gasteiger partial charge in [0.2, 0.25) is 0 Å². The second-order valence-corrected chi connectivity index (χ2v) is 5.73. The van der Waals surface area contributed by atoms with E-state index in [1.165, 1.54) is 21.8 Å². The smallest absolute Gasteiger partial charge is 0.275 e. The molecule has 0 unspecified atom stereocenters. The minimum absolute atomic E-state index is 0.0696. The molecule has 2 N–H and O–H groups in total. The Morgan fingerprint density at radius 3 is 2.46 bits per heavy atom. The molecule has 3 aromatic rings. The number of rotatable bonds is 4. The van der Waals surface area contributed by atoms with Crippen molar-refractivity contribution in [1.82, 2.24) is 30.4 Å². The molecule has 2 aromatic heterocycles. The number of hydrogen-bond acceptors (Lipinski definition) is 5. The first kappa shape index (κ1) is 17.3. The van der Waals surface area contributed by atoms with Crippen molar-refractivity contribution < 1.29 is 9.59 Å². The Labute approximate surface area is 148 Å². The molecule has 0 spiro atoms. The Bertz CT molecular complexity index is 1040. The van der Waals surface area contributed by atoms with Gasteiger partial charge in [0.25, 0.3) is 17.4 Å². The van der Waals surface area contributed by atoms with Gasteiger partial charge in [-0.05, 0) is 12.5 Å². The standard InChI is InChI=1S/C17H18N6O3/c1-3-8-23-17(26)13-7-5-4-6-12(13)14(21-23)16(25)20-19-15(24)11-9-18-22(2)10-11/h4-7,9-10H,3,8H2,1-2H3,(H,19,24)(H,20,25). The third-order valence-electron chi connectivity index (χ3n) is 3.77. The molecule has 1 aromatic carbocycles. The predicted molar refractivity (Wildman–Crippen MR) is 94.4 cm³/mol. The molecule has 0 saturated carbocycles. The van der Waals surface area contributed by atoms with Crippen molar-refractivity contribution in [3.05, 3.63) is 58.3 Å². The number of carbonyl (C=O) groups excluding carboxylic acids is 2. The molecule has 0 aliphatic rings. The van der Waals surface area contributed by atoms with E-state index in [-0.39, 0.29) is 11.3 Å². The summed E-state index contributed by atoms with van der Waals surface area (Å²) in [6.45, 7) is 2.31. The van der Waals surface area contributed by atoms with E-state index in [1.807, 2.05) is 6.92 Å². The number of amides is 2. The summed E-state index contributed by atoms with van der Waals surface area (Å²) in [5, 5.41) is 8.90. The van der Waals surface area contributed by atoms with Crippen LogP contribution < -0.4 is 16.4 Å². The van der Waals surface area contributed by atoms with Gasteiger partial charge in [-0.1, -0.05) is 25.1 Å². The molecule has 26 heavy (non-hydrogen) atoms. The van der Waals surface area contributed by atoms with E-state index in [0.717, 1.165) is 0 Å². The Morgan fingerprint density at radius 2 is 1.81 bits per heavy atom. The molecule has 0 atom stereocenters. The molecule has 9 nitrogen and oxygen atoms in total. The fraction of sp³-hybridized carbons (Fsp3) is 0.235. The van der Waals surface area contributed by atoms with Gasteiger partial charge in [-0.15, -0.1) is 0 Å². The maximum Gasteiger partial charge on any atom is 0.290 e. The summed E-state index contributed by atoms with van der Waals surface area (Å²) in [4.78, 5) is 37.0. The highest BCUT2D eigenvalue weighted by Gasteiger charge is 2.17. The lowest BCUT2D eigenvalue weighted by Gasteiger charge is -2.11. The molecule has 3 rings (SSSR count). The Morgan fingerprint density at radius 1 is 1.12 bits per heavy atom. The third kappa shape index (κ3) is 3.32. The second kappa shape index (κ2) is 7.18. The van der Waals surface area contributed by atoms with Crippen molar-refractivity contribution in [2.45, 2.75) is 19.9 Å². The predicted octanol–water partition coefficient (Wildman–Crippen LogP) is 0.615. The van der Waals surface area contributed by atoms with Crippen molar-refractivity contribution >= 4 is 22.6 Å². The van der Waals surface area contributed by atoms with Crippen molar-refractivity contribution in [3.8, 4) is 0 Å².